The molecule has 0 fully saturated rings. The summed E-state index contributed by atoms with van der Waals surface area (Å²) in [6, 6.07) is 1.98. The number of rotatable bonds is 3. The molecular weight excluding hydrogens is 168 g/mol. The maximum absolute atomic E-state index is 11.2. The highest BCUT2D eigenvalue weighted by Crippen LogP contribution is 2.09. The van der Waals surface area contributed by atoms with Crippen molar-refractivity contribution in [2.75, 3.05) is 6.61 Å². The zero-order valence-corrected chi connectivity index (χ0v) is 7.33. The monoisotopic (exact) mass is 178 g/mol. The van der Waals surface area contributed by atoms with E-state index < -0.39 is 0 Å². The Bertz CT molecular complexity index is 336. The molecule has 1 heterocycles. The fourth-order valence-corrected chi connectivity index (χ4v) is 1.03. The number of ether oxygens (including phenoxy) is 1. The number of aromatic amines is 1. The third kappa shape index (κ3) is 2.09. The van der Waals surface area contributed by atoms with Gasteiger partial charge in [0.15, 0.2) is 0 Å². The van der Waals surface area contributed by atoms with Crippen LogP contribution in [0.4, 0.5) is 0 Å². The van der Waals surface area contributed by atoms with E-state index in [1.54, 1.807) is 19.3 Å². The van der Waals surface area contributed by atoms with Gasteiger partial charge in [-0.2, -0.15) is 5.26 Å². The molecule has 1 aromatic heterocycles. The van der Waals surface area contributed by atoms with Gasteiger partial charge in [0.25, 0.3) is 0 Å². The van der Waals surface area contributed by atoms with Gasteiger partial charge in [-0.3, -0.25) is 0 Å². The molecule has 0 saturated carbocycles. The topological polar surface area (TPSA) is 65.9 Å². The first kappa shape index (κ1) is 9.33. The third-order valence-electron chi connectivity index (χ3n) is 1.60. The standard InChI is InChI=1S/C9H10N2O2/c1-2-13-9(12)8-6-11-5-7(8)3-4-10/h5-6,11H,2-3H2,1H3. The molecule has 0 aliphatic rings. The Hall–Kier alpha value is -1.76. The Morgan fingerprint density at radius 3 is 3.08 bits per heavy atom. The number of nitriles is 1. The van der Waals surface area contributed by atoms with Gasteiger partial charge in [-0.1, -0.05) is 0 Å². The van der Waals surface area contributed by atoms with Crippen molar-refractivity contribution in [2.45, 2.75) is 13.3 Å². The first-order chi connectivity index (χ1) is 6.29. The maximum Gasteiger partial charge on any atom is 0.339 e. The molecule has 0 atom stereocenters. The number of carbonyl (C=O) groups is 1. The van der Waals surface area contributed by atoms with E-state index in [0.717, 1.165) is 0 Å². The molecule has 1 rings (SSSR count). The van der Waals surface area contributed by atoms with Crippen LogP contribution in [0.1, 0.15) is 22.8 Å². The van der Waals surface area contributed by atoms with Crippen LogP contribution in [0.2, 0.25) is 0 Å². The lowest BCUT2D eigenvalue weighted by molar-refractivity contribution is 0.0525. The van der Waals surface area contributed by atoms with Crippen LogP contribution in [-0.2, 0) is 11.2 Å². The first-order valence-electron chi connectivity index (χ1n) is 3.99. The van der Waals surface area contributed by atoms with Crippen LogP contribution >= 0.6 is 0 Å². The first-order valence-corrected chi connectivity index (χ1v) is 3.99. The van der Waals surface area contributed by atoms with Crippen molar-refractivity contribution in [1.29, 1.82) is 5.26 Å². The van der Waals surface area contributed by atoms with E-state index in [0.29, 0.717) is 17.7 Å². The molecule has 0 saturated heterocycles. The summed E-state index contributed by atoms with van der Waals surface area (Å²) in [7, 11) is 0. The van der Waals surface area contributed by atoms with Crippen molar-refractivity contribution in [1.82, 2.24) is 4.98 Å². The molecule has 0 radical (unpaired) electrons. The van der Waals surface area contributed by atoms with Crippen molar-refractivity contribution in [3.63, 3.8) is 0 Å². The van der Waals surface area contributed by atoms with E-state index in [1.807, 2.05) is 6.07 Å². The Balaban J connectivity index is 2.82. The normalized spacial score (nSPS) is 9.23. The number of hydrogen-bond donors (Lipinski definition) is 1. The number of H-pyrrole nitrogens is 1. The summed E-state index contributed by atoms with van der Waals surface area (Å²) in [5.74, 6) is -0.381. The van der Waals surface area contributed by atoms with Crippen molar-refractivity contribution in [2.24, 2.45) is 0 Å². The minimum absolute atomic E-state index is 0.220. The molecule has 13 heavy (non-hydrogen) atoms. The summed E-state index contributed by atoms with van der Waals surface area (Å²) >= 11 is 0. The van der Waals surface area contributed by atoms with Crippen molar-refractivity contribution in [3.8, 4) is 6.07 Å². The average molecular weight is 178 g/mol. The van der Waals surface area contributed by atoms with Crippen LogP contribution in [0.15, 0.2) is 12.4 Å². The molecule has 1 aromatic rings. The minimum atomic E-state index is -0.381. The van der Waals surface area contributed by atoms with Crippen LogP contribution in [-0.4, -0.2) is 17.6 Å². The Morgan fingerprint density at radius 1 is 1.69 bits per heavy atom. The Morgan fingerprint density at radius 2 is 2.46 bits per heavy atom. The number of aromatic nitrogens is 1. The Labute approximate surface area is 76.1 Å². The SMILES string of the molecule is CCOC(=O)c1c[nH]cc1CC#N. The quantitative estimate of drug-likeness (QED) is 0.708. The van der Waals surface area contributed by atoms with E-state index in [1.165, 1.54) is 0 Å². The molecule has 4 heteroatoms. The van der Waals surface area contributed by atoms with E-state index in [2.05, 4.69) is 4.98 Å². The summed E-state index contributed by atoms with van der Waals surface area (Å²) in [4.78, 5) is 14.0. The Kier molecular flexibility index (Phi) is 3.09. The van der Waals surface area contributed by atoms with E-state index in [4.69, 9.17) is 10.00 Å². The zero-order chi connectivity index (χ0) is 9.68. The van der Waals surface area contributed by atoms with Gasteiger partial charge in [-0.15, -0.1) is 0 Å². The molecule has 0 spiro atoms. The van der Waals surface area contributed by atoms with Gasteiger partial charge in [0.1, 0.15) is 0 Å². The van der Waals surface area contributed by atoms with Crippen LogP contribution in [0.3, 0.4) is 0 Å². The van der Waals surface area contributed by atoms with E-state index in [9.17, 15) is 4.79 Å². The van der Waals surface area contributed by atoms with Crippen LogP contribution in [0.5, 0.6) is 0 Å². The molecular formula is C9H10N2O2. The van der Waals surface area contributed by atoms with E-state index >= 15 is 0 Å². The number of nitrogens with zero attached hydrogens (tertiary/aromatic N) is 1. The van der Waals surface area contributed by atoms with Crippen LogP contribution < -0.4 is 0 Å². The lowest BCUT2D eigenvalue weighted by Gasteiger charge is -1.99. The summed E-state index contributed by atoms with van der Waals surface area (Å²) in [5, 5.41) is 8.46. The van der Waals surface area contributed by atoms with Gasteiger partial charge in [-0.25, -0.2) is 4.79 Å². The number of esters is 1. The highest BCUT2D eigenvalue weighted by Gasteiger charge is 2.12. The molecule has 0 unspecified atom stereocenters. The predicted octanol–water partition coefficient (Wildman–Crippen LogP) is 1.26. The van der Waals surface area contributed by atoms with Crippen molar-refractivity contribution >= 4 is 5.97 Å². The maximum atomic E-state index is 11.2. The molecule has 1 N–H and O–H groups in total. The molecule has 0 aromatic carbocycles. The number of carbonyl (C=O) groups excluding carboxylic acids is 1. The summed E-state index contributed by atoms with van der Waals surface area (Å²) in [5.41, 5.74) is 1.13. The van der Waals surface area contributed by atoms with Crippen molar-refractivity contribution in [3.05, 3.63) is 23.5 Å². The summed E-state index contributed by atoms with van der Waals surface area (Å²) in [6.45, 7) is 2.09. The number of hydrogen-bond acceptors (Lipinski definition) is 3. The van der Waals surface area contributed by atoms with Gasteiger partial charge in [-0.05, 0) is 12.5 Å². The lowest BCUT2D eigenvalue weighted by Crippen LogP contribution is -2.05. The molecule has 0 bridgehead atoms. The second-order valence-corrected chi connectivity index (χ2v) is 2.45. The van der Waals surface area contributed by atoms with Gasteiger partial charge < -0.3 is 9.72 Å². The summed E-state index contributed by atoms with van der Waals surface area (Å²) in [6.07, 6.45) is 3.40. The molecule has 4 nitrogen and oxygen atoms in total. The van der Waals surface area contributed by atoms with Gasteiger partial charge in [0, 0.05) is 12.4 Å². The fourth-order valence-electron chi connectivity index (χ4n) is 1.03. The van der Waals surface area contributed by atoms with E-state index in [-0.39, 0.29) is 12.4 Å². The zero-order valence-electron chi connectivity index (χ0n) is 7.33. The predicted molar refractivity (Wildman–Crippen MR) is 46.1 cm³/mol. The average Bonchev–Trinajstić information content (AvgIpc) is 2.54. The second-order valence-electron chi connectivity index (χ2n) is 2.45. The fraction of sp³-hybridized carbons (Fsp3) is 0.333. The summed E-state index contributed by atoms with van der Waals surface area (Å²) < 4.78 is 4.80. The molecule has 0 aliphatic carbocycles. The molecule has 68 valence electrons. The number of nitrogens with one attached hydrogen (secondary N) is 1. The highest BCUT2D eigenvalue weighted by atomic mass is 16.5. The smallest absolute Gasteiger partial charge is 0.339 e. The van der Waals surface area contributed by atoms with Crippen molar-refractivity contribution < 1.29 is 9.53 Å². The highest BCUT2D eigenvalue weighted by molar-refractivity contribution is 5.91. The molecule has 0 amide bonds. The largest absolute Gasteiger partial charge is 0.462 e. The van der Waals surface area contributed by atoms with Gasteiger partial charge >= 0.3 is 5.97 Å². The lowest BCUT2D eigenvalue weighted by atomic mass is 10.1. The second kappa shape index (κ2) is 4.31. The van der Waals surface area contributed by atoms with Crippen LogP contribution in [0.25, 0.3) is 0 Å². The minimum Gasteiger partial charge on any atom is -0.462 e. The molecule has 0 aliphatic heterocycles. The van der Waals surface area contributed by atoms with Gasteiger partial charge in [0.05, 0.1) is 24.7 Å². The van der Waals surface area contributed by atoms with Crippen LogP contribution in [0, 0.1) is 11.3 Å². The van der Waals surface area contributed by atoms with Gasteiger partial charge in [0.2, 0.25) is 0 Å². The third-order valence-corrected chi connectivity index (χ3v) is 1.60.